The Morgan fingerprint density at radius 1 is 1.35 bits per heavy atom. The zero-order chi connectivity index (χ0) is 15.5. The number of hydrogen-bond donors (Lipinski definition) is 1. The van der Waals surface area contributed by atoms with Crippen LogP contribution in [0.5, 0.6) is 0 Å². The third-order valence-corrected chi connectivity index (χ3v) is 5.64. The lowest BCUT2D eigenvalue weighted by Crippen LogP contribution is -2.02. The SMILES string of the molecule is CNCc1cc(-c2cccnc2F)c(Sc2ccoc2C)s1.Cl. The number of aryl methyl sites for hydroxylation is 1. The molecule has 0 bridgehead atoms. The average Bonchev–Trinajstić information content (AvgIpc) is 3.08. The molecule has 0 amide bonds. The fourth-order valence-corrected chi connectivity index (χ4v) is 4.58. The molecule has 0 radical (unpaired) electrons. The minimum atomic E-state index is -0.443. The predicted octanol–water partition coefficient (Wildman–Crippen LogP) is 5.14. The van der Waals surface area contributed by atoms with Gasteiger partial charge in [-0.05, 0) is 38.2 Å². The molecule has 0 fully saturated rings. The summed E-state index contributed by atoms with van der Waals surface area (Å²) in [5.74, 6) is 0.424. The van der Waals surface area contributed by atoms with Crippen molar-refractivity contribution in [1.29, 1.82) is 0 Å². The summed E-state index contributed by atoms with van der Waals surface area (Å²) >= 11 is 3.26. The summed E-state index contributed by atoms with van der Waals surface area (Å²) in [7, 11) is 1.90. The van der Waals surface area contributed by atoms with E-state index in [1.54, 1.807) is 41.5 Å². The second-order valence-electron chi connectivity index (χ2n) is 4.73. The van der Waals surface area contributed by atoms with Crippen molar-refractivity contribution in [2.75, 3.05) is 7.05 Å². The van der Waals surface area contributed by atoms with Crippen LogP contribution in [0.3, 0.4) is 0 Å². The molecule has 1 N–H and O–H groups in total. The van der Waals surface area contributed by atoms with Crippen LogP contribution in [0.15, 0.2) is 50.2 Å². The quantitative estimate of drug-likeness (QED) is 0.631. The predicted molar refractivity (Wildman–Crippen MR) is 95.1 cm³/mol. The molecule has 0 atom stereocenters. The average molecular weight is 371 g/mol. The fraction of sp³-hybridized carbons (Fsp3) is 0.188. The second kappa shape index (κ2) is 7.97. The Balaban J connectivity index is 0.00000192. The summed E-state index contributed by atoms with van der Waals surface area (Å²) in [6.45, 7) is 2.68. The smallest absolute Gasteiger partial charge is 0.220 e. The van der Waals surface area contributed by atoms with Crippen LogP contribution in [0.25, 0.3) is 11.1 Å². The van der Waals surface area contributed by atoms with Gasteiger partial charge >= 0.3 is 0 Å². The molecule has 23 heavy (non-hydrogen) atoms. The van der Waals surface area contributed by atoms with E-state index in [1.165, 1.54) is 6.20 Å². The molecule has 0 aliphatic carbocycles. The highest BCUT2D eigenvalue weighted by Gasteiger charge is 2.17. The van der Waals surface area contributed by atoms with Crippen LogP contribution in [0.4, 0.5) is 4.39 Å². The standard InChI is InChI=1S/C16H15FN2OS2.ClH/c1-10-14(5-7-20-10)22-16-13(8-11(21-16)9-18-2)12-4-3-6-19-15(12)17;/h3-8,18H,9H2,1-2H3;1H. The van der Waals surface area contributed by atoms with E-state index in [4.69, 9.17) is 4.42 Å². The van der Waals surface area contributed by atoms with Gasteiger partial charge in [-0.25, -0.2) is 4.98 Å². The van der Waals surface area contributed by atoms with E-state index in [0.717, 1.165) is 31.9 Å². The van der Waals surface area contributed by atoms with Gasteiger partial charge in [0.25, 0.3) is 0 Å². The molecule has 122 valence electrons. The van der Waals surface area contributed by atoms with E-state index in [-0.39, 0.29) is 12.4 Å². The van der Waals surface area contributed by atoms with E-state index in [9.17, 15) is 4.39 Å². The zero-order valence-electron chi connectivity index (χ0n) is 12.6. The fourth-order valence-electron chi connectivity index (χ4n) is 2.11. The van der Waals surface area contributed by atoms with Crippen LogP contribution in [0.1, 0.15) is 10.6 Å². The minimum absolute atomic E-state index is 0. The minimum Gasteiger partial charge on any atom is -0.468 e. The highest BCUT2D eigenvalue weighted by Crippen LogP contribution is 2.43. The van der Waals surface area contributed by atoms with Gasteiger partial charge in [0.05, 0.1) is 15.4 Å². The van der Waals surface area contributed by atoms with Crippen molar-refractivity contribution in [1.82, 2.24) is 10.3 Å². The maximum atomic E-state index is 14.1. The van der Waals surface area contributed by atoms with E-state index in [0.29, 0.717) is 5.56 Å². The zero-order valence-corrected chi connectivity index (χ0v) is 15.1. The molecule has 0 unspecified atom stereocenters. The molecule has 0 aromatic carbocycles. The van der Waals surface area contributed by atoms with Gasteiger partial charge in [-0.2, -0.15) is 4.39 Å². The third-order valence-electron chi connectivity index (χ3n) is 3.16. The first kappa shape index (κ1) is 18.0. The summed E-state index contributed by atoms with van der Waals surface area (Å²) in [6.07, 6.45) is 3.14. The normalized spacial score (nSPS) is 10.6. The molecule has 7 heteroatoms. The number of thiophene rings is 1. The Morgan fingerprint density at radius 2 is 2.17 bits per heavy atom. The van der Waals surface area contributed by atoms with Crippen LogP contribution >= 0.6 is 35.5 Å². The highest BCUT2D eigenvalue weighted by atomic mass is 35.5. The number of nitrogens with one attached hydrogen (secondary N) is 1. The van der Waals surface area contributed by atoms with E-state index < -0.39 is 5.95 Å². The largest absolute Gasteiger partial charge is 0.468 e. The number of halogens is 2. The Labute approximate surface area is 148 Å². The van der Waals surface area contributed by atoms with Crippen LogP contribution in [-0.2, 0) is 6.54 Å². The van der Waals surface area contributed by atoms with E-state index in [2.05, 4.69) is 10.3 Å². The molecule has 0 saturated carbocycles. The molecule has 0 spiro atoms. The Bertz CT molecular complexity index is 788. The van der Waals surface area contributed by atoms with Crippen molar-refractivity contribution in [2.45, 2.75) is 22.6 Å². The molecule has 3 aromatic heterocycles. The first-order chi connectivity index (χ1) is 10.7. The maximum Gasteiger partial charge on any atom is 0.220 e. The molecular formula is C16H16ClFN2OS2. The molecule has 0 saturated heterocycles. The van der Waals surface area contributed by atoms with Gasteiger partial charge in [-0.3, -0.25) is 0 Å². The number of nitrogens with zero attached hydrogens (tertiary/aromatic N) is 1. The van der Waals surface area contributed by atoms with Crippen LogP contribution in [0, 0.1) is 12.9 Å². The highest BCUT2D eigenvalue weighted by molar-refractivity contribution is 8.01. The van der Waals surface area contributed by atoms with Crippen molar-refractivity contribution >= 4 is 35.5 Å². The van der Waals surface area contributed by atoms with Gasteiger partial charge in [0.15, 0.2) is 0 Å². The number of aromatic nitrogens is 1. The van der Waals surface area contributed by atoms with Crippen molar-refractivity contribution in [2.24, 2.45) is 0 Å². The molecular weight excluding hydrogens is 355 g/mol. The molecule has 0 aliphatic rings. The summed E-state index contributed by atoms with van der Waals surface area (Å²) in [5.41, 5.74) is 1.41. The topological polar surface area (TPSA) is 38.1 Å². The Morgan fingerprint density at radius 3 is 2.83 bits per heavy atom. The molecule has 0 aliphatic heterocycles. The van der Waals surface area contributed by atoms with Crippen LogP contribution < -0.4 is 5.32 Å². The number of hydrogen-bond acceptors (Lipinski definition) is 5. The third kappa shape index (κ3) is 3.95. The van der Waals surface area contributed by atoms with E-state index >= 15 is 0 Å². The molecule has 3 rings (SSSR count). The second-order valence-corrected chi connectivity index (χ2v) is 7.18. The van der Waals surface area contributed by atoms with Crippen molar-refractivity contribution < 1.29 is 8.81 Å². The van der Waals surface area contributed by atoms with E-state index in [1.807, 2.05) is 26.1 Å². The van der Waals surface area contributed by atoms with Crippen molar-refractivity contribution in [3.8, 4) is 11.1 Å². The van der Waals surface area contributed by atoms with Gasteiger partial charge in [-0.15, -0.1) is 23.7 Å². The summed E-state index contributed by atoms with van der Waals surface area (Å²) in [4.78, 5) is 5.96. The molecule has 3 heterocycles. The summed E-state index contributed by atoms with van der Waals surface area (Å²) in [6, 6.07) is 7.48. The first-order valence-corrected chi connectivity index (χ1v) is 8.42. The van der Waals surface area contributed by atoms with Crippen molar-refractivity contribution in [3.05, 3.63) is 53.3 Å². The van der Waals surface area contributed by atoms with Crippen molar-refractivity contribution in [3.63, 3.8) is 0 Å². The monoisotopic (exact) mass is 370 g/mol. The molecule has 3 aromatic rings. The van der Waals surface area contributed by atoms with Gasteiger partial charge in [-0.1, -0.05) is 11.8 Å². The molecule has 3 nitrogen and oxygen atoms in total. The number of rotatable bonds is 5. The maximum absolute atomic E-state index is 14.1. The lowest BCUT2D eigenvalue weighted by Gasteiger charge is -2.03. The van der Waals surface area contributed by atoms with Gasteiger partial charge in [0.2, 0.25) is 5.95 Å². The van der Waals surface area contributed by atoms with Gasteiger partial charge in [0, 0.05) is 28.7 Å². The van der Waals surface area contributed by atoms with Crippen LogP contribution in [0.2, 0.25) is 0 Å². The number of pyridine rings is 1. The van der Waals surface area contributed by atoms with Gasteiger partial charge < -0.3 is 9.73 Å². The Kier molecular flexibility index (Phi) is 6.24. The lowest BCUT2D eigenvalue weighted by atomic mass is 10.1. The number of furan rings is 1. The summed E-state index contributed by atoms with van der Waals surface area (Å²) < 4.78 is 20.4. The lowest BCUT2D eigenvalue weighted by molar-refractivity contribution is 0.527. The van der Waals surface area contributed by atoms with Crippen LogP contribution in [-0.4, -0.2) is 12.0 Å². The Hall–Kier alpha value is -1.34. The first-order valence-electron chi connectivity index (χ1n) is 6.79. The summed E-state index contributed by atoms with van der Waals surface area (Å²) in [5, 5.41) is 3.13. The van der Waals surface area contributed by atoms with Gasteiger partial charge in [0.1, 0.15) is 5.76 Å².